The molecular weight excluding hydrogens is 639 g/mol. The Balaban J connectivity index is 1.09. The average molecular weight is 674 g/mol. The molecule has 4 heterocycles. The Hall–Kier alpha value is -4.93. The molecule has 0 atom stereocenters. The fourth-order valence-corrected chi connectivity index (χ4v) is 7.31. The number of thiophene rings is 1. The highest BCUT2D eigenvalue weighted by atomic mass is 32.1. The molecule has 0 aliphatic carbocycles. The number of hydrogen-bond donors (Lipinski definition) is 3. The standard InChI is InChI=1S/C35H34F3N7O2S/c1-3-32(47)42-25-6-4-22(31(46)14-25)8-13-45-26(18-39)15-28-21(2)23(5-7-30(28)45)19-44-11-9-24(10-12-44)43-33-29-16-27(17-35(36,37)38)48-34(29)41-20-40-33/h3-7,14-16,20,24,46H,1,8-13,17,19H2,2H3,(H,42,47)(H,40,41,43). The molecule has 0 unspecified atom stereocenters. The van der Waals surface area contributed by atoms with Crippen LogP contribution in [0.2, 0.25) is 0 Å². The Morgan fingerprint density at radius 2 is 1.92 bits per heavy atom. The molecule has 3 N–H and O–H groups in total. The predicted molar refractivity (Wildman–Crippen MR) is 181 cm³/mol. The Morgan fingerprint density at radius 3 is 2.62 bits per heavy atom. The van der Waals surface area contributed by atoms with Gasteiger partial charge in [-0.25, -0.2) is 9.97 Å². The number of rotatable bonds is 10. The highest BCUT2D eigenvalue weighted by Crippen LogP contribution is 2.34. The van der Waals surface area contributed by atoms with E-state index < -0.39 is 12.6 Å². The Labute approximate surface area is 279 Å². The van der Waals surface area contributed by atoms with E-state index in [0.29, 0.717) is 45.9 Å². The zero-order valence-electron chi connectivity index (χ0n) is 26.3. The second-order valence-corrected chi connectivity index (χ2v) is 13.1. The lowest BCUT2D eigenvalue weighted by molar-refractivity contribution is -0.126. The maximum absolute atomic E-state index is 12.9. The number of aromatic nitrogens is 3. The van der Waals surface area contributed by atoms with Crippen molar-refractivity contribution >= 4 is 49.9 Å². The minimum absolute atomic E-state index is 0.0659. The number of carbonyl (C=O) groups excluding carboxylic acids is 1. The van der Waals surface area contributed by atoms with Crippen LogP contribution in [0.5, 0.6) is 5.75 Å². The van der Waals surface area contributed by atoms with Crippen LogP contribution in [0.25, 0.3) is 21.1 Å². The first kappa shape index (κ1) is 33.0. The second-order valence-electron chi connectivity index (χ2n) is 12.0. The predicted octanol–water partition coefficient (Wildman–Crippen LogP) is 7.08. The number of hydrogen-bond acceptors (Lipinski definition) is 8. The van der Waals surface area contributed by atoms with Gasteiger partial charge in [-0.2, -0.15) is 18.4 Å². The highest BCUT2D eigenvalue weighted by molar-refractivity contribution is 7.18. The van der Waals surface area contributed by atoms with Gasteiger partial charge in [0.25, 0.3) is 0 Å². The summed E-state index contributed by atoms with van der Waals surface area (Å²) < 4.78 is 40.8. The topological polar surface area (TPSA) is 119 Å². The first-order chi connectivity index (χ1) is 23.0. The molecule has 1 amide bonds. The molecule has 0 saturated carbocycles. The van der Waals surface area contributed by atoms with E-state index in [1.165, 1.54) is 18.0 Å². The number of benzene rings is 2. The van der Waals surface area contributed by atoms with E-state index in [1.54, 1.807) is 18.2 Å². The summed E-state index contributed by atoms with van der Waals surface area (Å²) in [4.78, 5) is 23.3. The van der Waals surface area contributed by atoms with Crippen LogP contribution >= 0.6 is 11.3 Å². The van der Waals surface area contributed by atoms with Crippen molar-refractivity contribution in [3.8, 4) is 11.8 Å². The van der Waals surface area contributed by atoms with E-state index in [9.17, 15) is 28.3 Å². The number of carbonyl (C=O) groups is 1. The third-order valence-electron chi connectivity index (χ3n) is 8.80. The molecule has 5 aromatic rings. The van der Waals surface area contributed by atoms with Gasteiger partial charge in [0.1, 0.15) is 34.5 Å². The summed E-state index contributed by atoms with van der Waals surface area (Å²) in [5, 5.41) is 28.2. The number of aryl methyl sites for hydroxylation is 3. The molecule has 1 saturated heterocycles. The van der Waals surface area contributed by atoms with E-state index in [1.807, 2.05) is 10.6 Å². The maximum Gasteiger partial charge on any atom is 0.393 e. The number of halogens is 3. The molecule has 6 rings (SSSR count). The molecule has 0 bridgehead atoms. The van der Waals surface area contributed by atoms with Gasteiger partial charge in [0.15, 0.2) is 0 Å². The summed E-state index contributed by atoms with van der Waals surface area (Å²) in [7, 11) is 0. The maximum atomic E-state index is 12.9. The van der Waals surface area contributed by atoms with Crippen LogP contribution in [-0.4, -0.2) is 55.8 Å². The lowest BCUT2D eigenvalue weighted by Crippen LogP contribution is -2.39. The Morgan fingerprint density at radius 1 is 1.15 bits per heavy atom. The van der Waals surface area contributed by atoms with E-state index in [2.05, 4.69) is 57.2 Å². The fraction of sp³-hybridized carbons (Fsp3) is 0.314. The molecule has 13 heteroatoms. The average Bonchev–Trinajstić information content (AvgIpc) is 3.63. The smallest absolute Gasteiger partial charge is 0.393 e. The monoisotopic (exact) mass is 673 g/mol. The quantitative estimate of drug-likeness (QED) is 0.136. The van der Waals surface area contributed by atoms with E-state index in [0.717, 1.165) is 66.4 Å². The van der Waals surface area contributed by atoms with Crippen molar-refractivity contribution in [2.24, 2.45) is 0 Å². The van der Waals surface area contributed by atoms with Crippen molar-refractivity contribution in [3.63, 3.8) is 0 Å². The molecule has 0 spiro atoms. The van der Waals surface area contributed by atoms with Gasteiger partial charge in [0.05, 0.1) is 11.8 Å². The zero-order chi connectivity index (χ0) is 34.0. The lowest BCUT2D eigenvalue weighted by atomic mass is 10.0. The van der Waals surface area contributed by atoms with Crippen LogP contribution in [0, 0.1) is 18.3 Å². The van der Waals surface area contributed by atoms with Gasteiger partial charge >= 0.3 is 6.18 Å². The van der Waals surface area contributed by atoms with Gasteiger partial charge in [-0.1, -0.05) is 18.7 Å². The van der Waals surface area contributed by atoms with Crippen molar-refractivity contribution in [2.45, 2.75) is 57.9 Å². The number of nitrogens with one attached hydrogen (secondary N) is 2. The third kappa shape index (κ3) is 7.30. The second kappa shape index (κ2) is 13.7. The SMILES string of the molecule is C=CC(=O)Nc1ccc(CCn2c(C#N)cc3c(C)c(CN4CCC(Nc5ncnc6sc(CC(F)(F)F)cc56)CC4)ccc32)c(O)c1. The number of aromatic hydroxyl groups is 1. The van der Waals surface area contributed by atoms with Crippen LogP contribution in [0.3, 0.4) is 0 Å². The lowest BCUT2D eigenvalue weighted by Gasteiger charge is -2.33. The third-order valence-corrected chi connectivity index (χ3v) is 9.84. The van der Waals surface area contributed by atoms with Crippen LogP contribution in [-0.2, 0) is 30.7 Å². The van der Waals surface area contributed by atoms with Crippen molar-refractivity contribution in [1.29, 1.82) is 5.26 Å². The Bertz CT molecular complexity index is 2040. The minimum Gasteiger partial charge on any atom is -0.508 e. The molecule has 1 fully saturated rings. The summed E-state index contributed by atoms with van der Waals surface area (Å²) >= 11 is 1.05. The van der Waals surface area contributed by atoms with Gasteiger partial charge < -0.3 is 20.3 Å². The summed E-state index contributed by atoms with van der Waals surface area (Å²) in [6.45, 7) is 8.45. The van der Waals surface area contributed by atoms with Crippen molar-refractivity contribution in [2.75, 3.05) is 23.7 Å². The number of likely N-dealkylation sites (tertiary alicyclic amines) is 1. The number of phenolic OH excluding ortho intramolecular Hbond substituents is 1. The molecule has 9 nitrogen and oxygen atoms in total. The van der Waals surface area contributed by atoms with Gasteiger partial charge in [0.2, 0.25) is 5.91 Å². The van der Waals surface area contributed by atoms with Crippen molar-refractivity contribution in [1.82, 2.24) is 19.4 Å². The van der Waals surface area contributed by atoms with Crippen LogP contribution < -0.4 is 10.6 Å². The number of phenols is 1. The first-order valence-electron chi connectivity index (χ1n) is 15.6. The molecular formula is C35H34F3N7O2S. The number of fused-ring (bicyclic) bond motifs is 2. The number of nitrogens with zero attached hydrogens (tertiary/aromatic N) is 5. The van der Waals surface area contributed by atoms with Gasteiger partial charge in [-0.15, -0.1) is 11.3 Å². The van der Waals surface area contributed by atoms with E-state index in [-0.39, 0.29) is 22.6 Å². The summed E-state index contributed by atoms with van der Waals surface area (Å²) in [6, 6.07) is 15.1. The van der Waals surface area contributed by atoms with E-state index >= 15 is 0 Å². The molecule has 3 aromatic heterocycles. The normalized spacial score (nSPS) is 14.3. The number of anilines is 2. The van der Waals surface area contributed by atoms with E-state index in [4.69, 9.17) is 0 Å². The number of amides is 1. The van der Waals surface area contributed by atoms with Gasteiger partial charge in [0, 0.05) is 59.8 Å². The van der Waals surface area contributed by atoms with Crippen molar-refractivity contribution in [3.05, 3.63) is 88.7 Å². The Kier molecular flexibility index (Phi) is 9.39. The molecule has 0 radical (unpaired) electrons. The fourth-order valence-electron chi connectivity index (χ4n) is 6.28. The highest BCUT2D eigenvalue weighted by Gasteiger charge is 2.29. The van der Waals surface area contributed by atoms with Gasteiger partial charge in [-0.3, -0.25) is 9.69 Å². The van der Waals surface area contributed by atoms with Crippen LogP contribution in [0.1, 0.15) is 40.1 Å². The summed E-state index contributed by atoms with van der Waals surface area (Å²) in [5.74, 6) is 0.281. The summed E-state index contributed by atoms with van der Waals surface area (Å²) in [6.07, 6.45) is -0.483. The molecule has 1 aliphatic rings. The molecule has 2 aromatic carbocycles. The molecule has 48 heavy (non-hydrogen) atoms. The van der Waals surface area contributed by atoms with Crippen LogP contribution in [0.4, 0.5) is 24.7 Å². The molecule has 1 aliphatic heterocycles. The first-order valence-corrected chi connectivity index (χ1v) is 16.4. The van der Waals surface area contributed by atoms with Crippen LogP contribution in [0.15, 0.2) is 61.4 Å². The largest absolute Gasteiger partial charge is 0.508 e. The number of piperidine rings is 1. The van der Waals surface area contributed by atoms with Crippen molar-refractivity contribution < 1.29 is 23.1 Å². The summed E-state index contributed by atoms with van der Waals surface area (Å²) in [5.41, 5.74) is 4.96. The molecule has 248 valence electrons. The minimum atomic E-state index is -4.27. The number of nitriles is 1. The van der Waals surface area contributed by atoms with Gasteiger partial charge in [-0.05, 0) is 73.2 Å². The zero-order valence-corrected chi connectivity index (χ0v) is 27.1. The number of alkyl halides is 3.